The van der Waals surface area contributed by atoms with Crippen LogP contribution in [0.25, 0.3) is 22.1 Å². The number of nitrogens with zero attached hydrogens (tertiary/aromatic N) is 7. The number of fused-ring (bicyclic) bond motifs is 2. The van der Waals surface area contributed by atoms with Crippen molar-refractivity contribution < 1.29 is 9.50 Å². The van der Waals surface area contributed by atoms with Crippen molar-refractivity contribution in [1.82, 2.24) is 29.1 Å². The number of aliphatic hydroxyl groups excluding tert-OH is 1. The van der Waals surface area contributed by atoms with Crippen LogP contribution in [0.3, 0.4) is 0 Å². The molecule has 0 aliphatic carbocycles. The van der Waals surface area contributed by atoms with Crippen LogP contribution in [0.5, 0.6) is 0 Å². The molecule has 5 aromatic rings. The lowest BCUT2D eigenvalue weighted by Crippen LogP contribution is -2.34. The highest BCUT2D eigenvalue weighted by Crippen LogP contribution is 2.28. The lowest BCUT2D eigenvalue weighted by atomic mass is 10.2. The second-order valence-electron chi connectivity index (χ2n) is 8.03. The fourth-order valence-corrected chi connectivity index (χ4v) is 4.42. The summed E-state index contributed by atoms with van der Waals surface area (Å²) in [5.74, 6) is 1.40. The summed E-state index contributed by atoms with van der Waals surface area (Å²) in [6.45, 7) is 0.873. The van der Waals surface area contributed by atoms with E-state index in [0.29, 0.717) is 28.5 Å². The first-order valence-electron chi connectivity index (χ1n) is 10.8. The molecule has 2 N–H and O–H groups in total. The van der Waals surface area contributed by atoms with Crippen molar-refractivity contribution in [2.45, 2.75) is 18.9 Å². The van der Waals surface area contributed by atoms with Crippen LogP contribution in [-0.2, 0) is 0 Å². The van der Waals surface area contributed by atoms with Gasteiger partial charge in [-0.25, -0.2) is 13.9 Å². The molecule has 1 aromatic carbocycles. The molecule has 1 aliphatic rings. The summed E-state index contributed by atoms with van der Waals surface area (Å²) in [5, 5.41) is 18.3. The van der Waals surface area contributed by atoms with Gasteiger partial charge in [0.05, 0.1) is 24.5 Å². The number of imidazole rings is 1. The maximum absolute atomic E-state index is 14.2. The van der Waals surface area contributed by atoms with Gasteiger partial charge in [0.2, 0.25) is 5.95 Å². The van der Waals surface area contributed by atoms with Crippen molar-refractivity contribution in [3.05, 3.63) is 67.1 Å². The zero-order valence-electron chi connectivity index (χ0n) is 17.6. The summed E-state index contributed by atoms with van der Waals surface area (Å²) in [5.41, 5.74) is 1.90. The number of anilines is 3. The lowest BCUT2D eigenvalue weighted by molar-refractivity contribution is 0.265. The maximum Gasteiger partial charge on any atom is 0.245 e. The Bertz CT molecular complexity index is 1460. The van der Waals surface area contributed by atoms with Gasteiger partial charge in [-0.05, 0) is 37.1 Å². The number of hydrogen-bond donors (Lipinski definition) is 2. The van der Waals surface area contributed by atoms with E-state index in [0.717, 1.165) is 30.6 Å². The topological polar surface area (TPSA) is 96.4 Å². The summed E-state index contributed by atoms with van der Waals surface area (Å²) >= 11 is 0. The fourth-order valence-electron chi connectivity index (χ4n) is 4.42. The predicted octanol–water partition coefficient (Wildman–Crippen LogP) is 3.31. The van der Waals surface area contributed by atoms with E-state index in [1.807, 2.05) is 46.1 Å². The van der Waals surface area contributed by atoms with E-state index in [1.165, 1.54) is 6.07 Å². The number of benzene rings is 1. The van der Waals surface area contributed by atoms with Crippen LogP contribution in [0.1, 0.15) is 12.8 Å². The van der Waals surface area contributed by atoms with Crippen LogP contribution < -0.4 is 10.2 Å². The van der Waals surface area contributed by atoms with Crippen molar-refractivity contribution in [2.75, 3.05) is 23.4 Å². The number of pyridine rings is 1. The Labute approximate surface area is 188 Å². The van der Waals surface area contributed by atoms with Gasteiger partial charge in [-0.3, -0.25) is 4.98 Å². The molecule has 0 unspecified atom stereocenters. The average Bonchev–Trinajstić information content (AvgIpc) is 3.59. The fraction of sp³-hybridized carbons (Fsp3) is 0.217. The monoisotopic (exact) mass is 444 g/mol. The second-order valence-corrected chi connectivity index (χ2v) is 8.03. The number of hydrogen-bond acceptors (Lipinski definition) is 7. The van der Waals surface area contributed by atoms with Crippen molar-refractivity contribution in [2.24, 2.45) is 0 Å². The third-order valence-corrected chi connectivity index (χ3v) is 6.03. The normalized spacial score (nSPS) is 16.2. The van der Waals surface area contributed by atoms with Gasteiger partial charge in [-0.1, -0.05) is 12.1 Å². The summed E-state index contributed by atoms with van der Waals surface area (Å²) in [6.07, 6.45) is 8.85. The Morgan fingerprint density at radius 2 is 2.09 bits per heavy atom. The zero-order chi connectivity index (χ0) is 22.4. The number of para-hydroxylation sites is 1. The predicted molar refractivity (Wildman–Crippen MR) is 123 cm³/mol. The third-order valence-electron chi connectivity index (χ3n) is 6.03. The molecule has 5 heterocycles. The van der Waals surface area contributed by atoms with Crippen LogP contribution in [0.2, 0.25) is 0 Å². The van der Waals surface area contributed by atoms with E-state index in [9.17, 15) is 9.50 Å². The summed E-state index contributed by atoms with van der Waals surface area (Å²) in [6, 6.07) is 10.6. The lowest BCUT2D eigenvalue weighted by Gasteiger charge is -2.23. The van der Waals surface area contributed by atoms with Crippen LogP contribution in [0, 0.1) is 5.82 Å². The molecule has 6 rings (SSSR count). The standard InChI is InChI=1S/C23H21FN8O/c24-17-6-1-5-16-18(8-9-25-21(16)17)30-12-20(26-14-30)27-22-19-7-3-11-32(19)29-23(28-22)31-10-2-4-15(31)13-33/h1,3,5-9,11-12,14-15,33H,2,4,10,13H2,(H,27,28,29)/t15-/m0/s1. The molecule has 1 aliphatic heterocycles. The number of halogens is 1. The first kappa shape index (κ1) is 19.6. The minimum Gasteiger partial charge on any atom is -0.394 e. The van der Waals surface area contributed by atoms with Gasteiger partial charge in [0.15, 0.2) is 5.82 Å². The minimum atomic E-state index is -0.361. The molecule has 0 saturated carbocycles. The molecule has 1 atom stereocenters. The average molecular weight is 444 g/mol. The van der Waals surface area contributed by atoms with Crippen LogP contribution >= 0.6 is 0 Å². The first-order chi connectivity index (χ1) is 16.2. The highest BCUT2D eigenvalue weighted by molar-refractivity contribution is 5.87. The zero-order valence-corrected chi connectivity index (χ0v) is 17.6. The molecule has 0 radical (unpaired) electrons. The van der Waals surface area contributed by atoms with Crippen LogP contribution in [0.15, 0.2) is 61.3 Å². The summed E-state index contributed by atoms with van der Waals surface area (Å²) in [7, 11) is 0. The number of nitrogens with one attached hydrogen (secondary N) is 1. The van der Waals surface area contributed by atoms with Gasteiger partial charge in [0, 0.05) is 24.3 Å². The van der Waals surface area contributed by atoms with Gasteiger partial charge in [-0.15, -0.1) is 5.10 Å². The molecule has 0 spiro atoms. The van der Waals surface area contributed by atoms with Crippen LogP contribution in [-0.4, -0.2) is 53.4 Å². The van der Waals surface area contributed by atoms with E-state index in [4.69, 9.17) is 4.98 Å². The molecule has 4 aromatic heterocycles. The van der Waals surface area contributed by atoms with Gasteiger partial charge in [0.25, 0.3) is 0 Å². The Morgan fingerprint density at radius 1 is 1.15 bits per heavy atom. The van der Waals surface area contributed by atoms with Crippen molar-refractivity contribution >= 4 is 34.0 Å². The van der Waals surface area contributed by atoms with Gasteiger partial charge in [-0.2, -0.15) is 4.98 Å². The minimum absolute atomic E-state index is 0.0189. The smallest absolute Gasteiger partial charge is 0.245 e. The van der Waals surface area contributed by atoms with Crippen LogP contribution in [0.4, 0.5) is 22.0 Å². The van der Waals surface area contributed by atoms with Gasteiger partial charge < -0.3 is 19.9 Å². The molecular formula is C23H21FN8O. The molecule has 1 fully saturated rings. The van der Waals surface area contributed by atoms with E-state index < -0.39 is 0 Å². The SMILES string of the molecule is OC[C@@H]1CCCN1c1nc(Nc2cn(-c3ccnc4c(F)cccc34)cn2)c2cccn2n1. The quantitative estimate of drug-likeness (QED) is 0.429. The number of aliphatic hydroxyl groups is 1. The highest BCUT2D eigenvalue weighted by atomic mass is 19.1. The molecule has 33 heavy (non-hydrogen) atoms. The van der Waals surface area contributed by atoms with Gasteiger partial charge >= 0.3 is 0 Å². The van der Waals surface area contributed by atoms with Crippen molar-refractivity contribution in [3.8, 4) is 5.69 Å². The number of rotatable bonds is 5. The second kappa shape index (κ2) is 7.82. The Morgan fingerprint density at radius 3 is 3.00 bits per heavy atom. The first-order valence-corrected chi connectivity index (χ1v) is 10.8. The largest absolute Gasteiger partial charge is 0.394 e. The Balaban J connectivity index is 1.37. The summed E-state index contributed by atoms with van der Waals surface area (Å²) in [4.78, 5) is 15.4. The Kier molecular flexibility index (Phi) is 4.65. The molecular weight excluding hydrogens is 423 g/mol. The third kappa shape index (κ3) is 3.35. The summed E-state index contributed by atoms with van der Waals surface area (Å²) < 4.78 is 17.8. The molecule has 0 amide bonds. The number of aromatic nitrogens is 6. The van der Waals surface area contributed by atoms with E-state index >= 15 is 0 Å². The van der Waals surface area contributed by atoms with Crippen molar-refractivity contribution in [3.63, 3.8) is 0 Å². The van der Waals surface area contributed by atoms with E-state index in [-0.39, 0.29) is 18.5 Å². The Hall–Kier alpha value is -4.05. The molecule has 10 heteroatoms. The highest BCUT2D eigenvalue weighted by Gasteiger charge is 2.27. The van der Waals surface area contributed by atoms with E-state index in [2.05, 4.69) is 20.4 Å². The van der Waals surface area contributed by atoms with Gasteiger partial charge in [0.1, 0.15) is 29.0 Å². The maximum atomic E-state index is 14.2. The molecule has 9 nitrogen and oxygen atoms in total. The molecule has 166 valence electrons. The molecule has 0 bridgehead atoms. The van der Waals surface area contributed by atoms with Crippen molar-refractivity contribution in [1.29, 1.82) is 0 Å². The van der Waals surface area contributed by atoms with E-state index in [1.54, 1.807) is 23.1 Å². The molecule has 1 saturated heterocycles.